The van der Waals surface area contributed by atoms with Gasteiger partial charge in [0.15, 0.2) is 0 Å². The Bertz CT molecular complexity index is 998. The Hall–Kier alpha value is -2.71. The second-order valence-corrected chi connectivity index (χ2v) is 9.05. The summed E-state index contributed by atoms with van der Waals surface area (Å²) in [5, 5.41) is 12.0. The van der Waals surface area contributed by atoms with Gasteiger partial charge in [0.05, 0.1) is 12.3 Å². The van der Waals surface area contributed by atoms with Gasteiger partial charge in [-0.1, -0.05) is 0 Å². The summed E-state index contributed by atoms with van der Waals surface area (Å²) in [4.78, 5) is 28.0. The van der Waals surface area contributed by atoms with Crippen LogP contribution in [0, 0.1) is 6.92 Å². The Morgan fingerprint density at radius 3 is 2.58 bits per heavy atom. The quantitative estimate of drug-likeness (QED) is 0.763. The largest absolute Gasteiger partial charge is 0.395 e. The first-order valence-electron chi connectivity index (χ1n) is 11.1. The highest BCUT2D eigenvalue weighted by molar-refractivity contribution is 5.89. The van der Waals surface area contributed by atoms with E-state index in [1.54, 1.807) is 0 Å². The van der Waals surface area contributed by atoms with E-state index in [0.29, 0.717) is 5.82 Å². The van der Waals surface area contributed by atoms with E-state index in [-0.39, 0.29) is 17.9 Å². The van der Waals surface area contributed by atoms with E-state index in [4.69, 9.17) is 4.98 Å². The summed E-state index contributed by atoms with van der Waals surface area (Å²) in [6.07, 6.45) is 4.27. The third kappa shape index (κ3) is 3.85. The number of aliphatic hydroxyl groups excluding tert-OH is 1. The van der Waals surface area contributed by atoms with E-state index in [1.807, 2.05) is 12.3 Å². The summed E-state index contributed by atoms with van der Waals surface area (Å²) in [6.45, 7) is 9.17. The van der Waals surface area contributed by atoms with Crippen molar-refractivity contribution < 1.29 is 9.90 Å². The predicted octanol–water partition coefficient (Wildman–Crippen LogP) is 2.04. The predicted molar refractivity (Wildman–Crippen MR) is 121 cm³/mol. The van der Waals surface area contributed by atoms with Gasteiger partial charge in [-0.15, -0.1) is 0 Å². The Kier molecular flexibility index (Phi) is 5.06. The standard InChI is InChI=1S/C23H30N6O2/c1-16-11-21(28-7-5-27(6-8-28)9-10-30)26-22(12-16)29-15-23(3-4-23)18-14-24-20(13-19(18)29)25-17(2)31/h11-14,30H,3-10,15H2,1-2H3,(H,24,25,31). The third-order valence-corrected chi connectivity index (χ3v) is 6.69. The van der Waals surface area contributed by atoms with Gasteiger partial charge < -0.3 is 20.2 Å². The van der Waals surface area contributed by atoms with Gasteiger partial charge in [0.2, 0.25) is 5.91 Å². The highest BCUT2D eigenvalue weighted by Crippen LogP contribution is 2.58. The molecule has 2 aliphatic heterocycles. The molecule has 0 radical (unpaired) electrons. The number of aliphatic hydroxyl groups is 1. The molecular weight excluding hydrogens is 392 g/mol. The first kappa shape index (κ1) is 20.2. The molecule has 0 atom stereocenters. The second-order valence-electron chi connectivity index (χ2n) is 9.05. The average Bonchev–Trinajstić information content (AvgIpc) is 3.45. The van der Waals surface area contributed by atoms with E-state index in [9.17, 15) is 9.90 Å². The lowest BCUT2D eigenvalue weighted by Crippen LogP contribution is -2.47. The van der Waals surface area contributed by atoms with Crippen LogP contribution < -0.4 is 15.1 Å². The fourth-order valence-electron chi connectivity index (χ4n) is 4.85. The maximum atomic E-state index is 11.5. The third-order valence-electron chi connectivity index (χ3n) is 6.69. The zero-order valence-electron chi connectivity index (χ0n) is 18.3. The molecule has 1 amide bonds. The van der Waals surface area contributed by atoms with Gasteiger partial charge in [-0.3, -0.25) is 9.69 Å². The van der Waals surface area contributed by atoms with Crippen LogP contribution in [-0.4, -0.2) is 71.8 Å². The normalized spacial score (nSPS) is 19.6. The number of aromatic nitrogens is 2. The molecular formula is C23H30N6O2. The van der Waals surface area contributed by atoms with Crippen LogP contribution >= 0.6 is 0 Å². The van der Waals surface area contributed by atoms with E-state index >= 15 is 0 Å². The number of nitrogens with zero attached hydrogens (tertiary/aromatic N) is 5. The Labute approximate surface area is 182 Å². The van der Waals surface area contributed by atoms with Gasteiger partial charge in [-0.2, -0.15) is 0 Å². The van der Waals surface area contributed by atoms with Gasteiger partial charge in [0, 0.05) is 69.4 Å². The van der Waals surface area contributed by atoms with Crippen LogP contribution in [0.3, 0.4) is 0 Å². The van der Waals surface area contributed by atoms with Crippen LogP contribution in [0.1, 0.15) is 30.9 Å². The molecule has 1 aliphatic carbocycles. The van der Waals surface area contributed by atoms with Gasteiger partial charge in [-0.05, 0) is 37.5 Å². The van der Waals surface area contributed by atoms with Crippen molar-refractivity contribution in [3.63, 3.8) is 0 Å². The number of rotatable bonds is 5. The Morgan fingerprint density at radius 1 is 1.16 bits per heavy atom. The van der Waals surface area contributed by atoms with E-state index in [0.717, 1.165) is 56.6 Å². The number of hydrogen-bond donors (Lipinski definition) is 2. The number of β-amino-alcohol motifs (C(OH)–C–C–N with tert-alkyl or cyclic N) is 1. The van der Waals surface area contributed by atoms with Gasteiger partial charge in [0.1, 0.15) is 17.5 Å². The molecule has 2 aromatic rings. The number of aryl methyl sites for hydroxylation is 1. The van der Waals surface area contributed by atoms with Crippen molar-refractivity contribution in [2.24, 2.45) is 0 Å². The molecule has 2 N–H and O–H groups in total. The summed E-state index contributed by atoms with van der Waals surface area (Å²) in [6, 6.07) is 6.29. The molecule has 164 valence electrons. The van der Waals surface area contributed by atoms with Crippen molar-refractivity contribution in [2.75, 3.05) is 61.0 Å². The van der Waals surface area contributed by atoms with E-state index < -0.39 is 0 Å². The van der Waals surface area contributed by atoms with Crippen molar-refractivity contribution in [2.45, 2.75) is 32.1 Å². The molecule has 8 heteroatoms. The van der Waals surface area contributed by atoms with Gasteiger partial charge >= 0.3 is 0 Å². The molecule has 4 heterocycles. The summed E-state index contributed by atoms with van der Waals surface area (Å²) in [5.74, 6) is 2.43. The minimum absolute atomic E-state index is 0.116. The number of pyridine rings is 2. The Morgan fingerprint density at radius 2 is 1.90 bits per heavy atom. The van der Waals surface area contributed by atoms with Crippen LogP contribution in [0.25, 0.3) is 0 Å². The van der Waals surface area contributed by atoms with Crippen molar-refractivity contribution in [3.05, 3.63) is 35.5 Å². The molecule has 1 saturated carbocycles. The van der Waals surface area contributed by atoms with Gasteiger partial charge in [0.25, 0.3) is 0 Å². The molecule has 2 aromatic heterocycles. The summed E-state index contributed by atoms with van der Waals surface area (Å²) in [5.41, 5.74) is 3.74. The second kappa shape index (κ2) is 7.76. The molecule has 8 nitrogen and oxygen atoms in total. The zero-order chi connectivity index (χ0) is 21.6. The van der Waals surface area contributed by atoms with Crippen molar-refractivity contribution in [1.29, 1.82) is 0 Å². The lowest BCUT2D eigenvalue weighted by molar-refractivity contribution is -0.114. The number of piperazine rings is 1. The smallest absolute Gasteiger partial charge is 0.222 e. The molecule has 3 aliphatic rings. The number of carbonyl (C=O) groups is 1. The fraction of sp³-hybridized carbons (Fsp3) is 0.522. The summed E-state index contributed by atoms with van der Waals surface area (Å²) < 4.78 is 0. The fourth-order valence-corrected chi connectivity index (χ4v) is 4.85. The summed E-state index contributed by atoms with van der Waals surface area (Å²) in [7, 11) is 0. The number of nitrogens with one attached hydrogen (secondary N) is 1. The topological polar surface area (TPSA) is 84.8 Å². The lowest BCUT2D eigenvalue weighted by Gasteiger charge is -2.35. The number of amides is 1. The van der Waals surface area contributed by atoms with Crippen LogP contribution in [-0.2, 0) is 10.2 Å². The maximum absolute atomic E-state index is 11.5. The van der Waals surface area contributed by atoms with Crippen molar-refractivity contribution in [1.82, 2.24) is 14.9 Å². The minimum atomic E-state index is -0.116. The maximum Gasteiger partial charge on any atom is 0.222 e. The number of hydrogen-bond acceptors (Lipinski definition) is 7. The highest BCUT2D eigenvalue weighted by Gasteiger charge is 2.52. The van der Waals surface area contributed by atoms with E-state index in [1.165, 1.54) is 30.9 Å². The number of anilines is 4. The molecule has 5 rings (SSSR count). The Balaban J connectivity index is 1.44. The molecule has 0 aromatic carbocycles. The van der Waals surface area contributed by atoms with Crippen molar-refractivity contribution >= 4 is 29.0 Å². The molecule has 0 bridgehead atoms. The van der Waals surface area contributed by atoms with Crippen molar-refractivity contribution in [3.8, 4) is 0 Å². The van der Waals surface area contributed by atoms with Crippen LogP contribution in [0.15, 0.2) is 24.4 Å². The molecule has 1 saturated heterocycles. The molecule has 1 spiro atoms. The first-order chi connectivity index (χ1) is 15.0. The minimum Gasteiger partial charge on any atom is -0.395 e. The number of fused-ring (bicyclic) bond motifs is 2. The van der Waals surface area contributed by atoms with Gasteiger partial charge in [-0.25, -0.2) is 9.97 Å². The first-order valence-corrected chi connectivity index (χ1v) is 11.1. The van der Waals surface area contributed by atoms with Crippen LogP contribution in [0.5, 0.6) is 0 Å². The zero-order valence-corrected chi connectivity index (χ0v) is 18.3. The van der Waals surface area contributed by atoms with Crippen LogP contribution in [0.4, 0.5) is 23.1 Å². The SMILES string of the molecule is CC(=O)Nc1cc2c(cn1)C1(CC1)CN2c1cc(C)cc(N2CCN(CCO)CC2)n1. The molecule has 31 heavy (non-hydrogen) atoms. The average molecular weight is 423 g/mol. The monoisotopic (exact) mass is 422 g/mol. The van der Waals surface area contributed by atoms with Crippen LogP contribution in [0.2, 0.25) is 0 Å². The summed E-state index contributed by atoms with van der Waals surface area (Å²) >= 11 is 0. The van der Waals surface area contributed by atoms with E-state index in [2.05, 4.69) is 44.1 Å². The number of carbonyl (C=O) groups excluding carboxylic acids is 1. The lowest BCUT2D eigenvalue weighted by atomic mass is 10.0. The highest BCUT2D eigenvalue weighted by atomic mass is 16.3. The molecule has 0 unspecified atom stereocenters. The molecule has 2 fully saturated rings.